The van der Waals surface area contributed by atoms with E-state index in [1.165, 1.54) is 0 Å². The van der Waals surface area contributed by atoms with E-state index in [1.807, 2.05) is 36.2 Å². The fraction of sp³-hybridized carbons (Fsp3) is 0.375. The monoisotopic (exact) mass is 300 g/mol. The van der Waals surface area contributed by atoms with E-state index < -0.39 is 0 Å². The molecule has 0 unspecified atom stereocenters. The molecule has 0 bridgehead atoms. The lowest BCUT2D eigenvalue weighted by Gasteiger charge is -2.30. The van der Waals surface area contributed by atoms with Crippen molar-refractivity contribution in [1.29, 1.82) is 0 Å². The zero-order valence-electron chi connectivity index (χ0n) is 12.8. The lowest BCUT2D eigenvalue weighted by Crippen LogP contribution is -2.48. The highest BCUT2D eigenvalue weighted by molar-refractivity contribution is 5.82. The molecule has 1 atom stereocenters. The molecule has 116 valence electrons. The Morgan fingerprint density at radius 3 is 2.95 bits per heavy atom. The van der Waals surface area contributed by atoms with Gasteiger partial charge in [-0.3, -0.25) is 9.69 Å². The Bertz CT molecular complexity index is 650. The van der Waals surface area contributed by atoms with Gasteiger partial charge in [0.05, 0.1) is 30.9 Å². The zero-order chi connectivity index (χ0) is 15.5. The molecule has 6 nitrogen and oxygen atoms in total. The van der Waals surface area contributed by atoms with Gasteiger partial charge in [0.2, 0.25) is 5.91 Å². The van der Waals surface area contributed by atoms with Gasteiger partial charge >= 0.3 is 0 Å². The molecule has 2 heterocycles. The molecule has 22 heavy (non-hydrogen) atoms. The van der Waals surface area contributed by atoms with E-state index in [9.17, 15) is 4.79 Å². The highest BCUT2D eigenvalue weighted by Crippen LogP contribution is 2.19. The number of likely N-dealkylation sites (N-methyl/N-ethyl adjacent to an activating group) is 1. The van der Waals surface area contributed by atoms with E-state index in [-0.39, 0.29) is 11.9 Å². The number of hydrogen-bond donors (Lipinski definition) is 2. The highest BCUT2D eigenvalue weighted by atomic mass is 16.5. The second-order valence-electron chi connectivity index (χ2n) is 5.53. The number of rotatable bonds is 4. The van der Waals surface area contributed by atoms with Crippen molar-refractivity contribution in [2.45, 2.75) is 25.6 Å². The number of methoxy groups -OCH3 is 1. The molecule has 1 aromatic heterocycles. The topological polar surface area (TPSA) is 70.2 Å². The van der Waals surface area contributed by atoms with Crippen molar-refractivity contribution in [3.05, 3.63) is 47.5 Å². The Labute approximate surface area is 129 Å². The third kappa shape index (κ3) is 2.96. The quantitative estimate of drug-likeness (QED) is 0.887. The molecule has 0 fully saturated rings. The van der Waals surface area contributed by atoms with E-state index >= 15 is 0 Å². The van der Waals surface area contributed by atoms with Gasteiger partial charge in [0.25, 0.3) is 0 Å². The standard InChI is InChI=1S/C16H20N4O2/c1-20-9-14-13(18-10-19-14)7-15(20)16(21)17-8-11-3-5-12(22-2)6-4-11/h3-6,10,15H,7-9H2,1-2H3,(H,17,21)(H,18,19)/t15-/m0/s1. The van der Waals surface area contributed by atoms with Crippen LogP contribution in [0.15, 0.2) is 30.6 Å². The first-order chi connectivity index (χ1) is 10.7. The first kappa shape index (κ1) is 14.6. The molecule has 0 saturated heterocycles. The Balaban J connectivity index is 1.60. The summed E-state index contributed by atoms with van der Waals surface area (Å²) in [4.78, 5) is 21.9. The number of benzene rings is 1. The maximum atomic E-state index is 12.4. The molecule has 1 aromatic carbocycles. The normalized spacial score (nSPS) is 17.8. The molecule has 1 aliphatic heterocycles. The van der Waals surface area contributed by atoms with E-state index in [0.29, 0.717) is 13.0 Å². The van der Waals surface area contributed by atoms with Gasteiger partial charge in [0, 0.05) is 19.5 Å². The third-order valence-corrected chi connectivity index (χ3v) is 4.06. The molecular weight excluding hydrogens is 280 g/mol. The lowest BCUT2D eigenvalue weighted by atomic mass is 10.0. The number of carbonyl (C=O) groups excluding carboxylic acids is 1. The summed E-state index contributed by atoms with van der Waals surface area (Å²) in [5, 5.41) is 3.00. The number of fused-ring (bicyclic) bond motifs is 1. The zero-order valence-corrected chi connectivity index (χ0v) is 12.8. The fourth-order valence-corrected chi connectivity index (χ4v) is 2.70. The highest BCUT2D eigenvalue weighted by Gasteiger charge is 2.30. The molecule has 3 rings (SSSR count). The number of ether oxygens (including phenoxy) is 1. The largest absolute Gasteiger partial charge is 0.497 e. The number of carbonyl (C=O) groups is 1. The van der Waals surface area contributed by atoms with Crippen molar-refractivity contribution >= 4 is 5.91 Å². The van der Waals surface area contributed by atoms with Crippen LogP contribution in [0.5, 0.6) is 5.75 Å². The number of aromatic amines is 1. The minimum absolute atomic E-state index is 0.0342. The van der Waals surface area contributed by atoms with Crippen LogP contribution in [0.3, 0.4) is 0 Å². The van der Waals surface area contributed by atoms with E-state index in [1.54, 1.807) is 13.4 Å². The van der Waals surface area contributed by atoms with Crippen molar-refractivity contribution in [1.82, 2.24) is 20.2 Å². The SMILES string of the molecule is COc1ccc(CNC(=O)[C@@H]2Cc3nc[nH]c3CN2C)cc1. The maximum Gasteiger partial charge on any atom is 0.238 e. The molecule has 0 aliphatic carbocycles. The van der Waals surface area contributed by atoms with E-state index in [4.69, 9.17) is 4.74 Å². The molecule has 0 saturated carbocycles. The molecule has 2 aromatic rings. The summed E-state index contributed by atoms with van der Waals surface area (Å²) >= 11 is 0. The lowest BCUT2D eigenvalue weighted by molar-refractivity contribution is -0.126. The number of H-pyrrole nitrogens is 1. The molecule has 0 radical (unpaired) electrons. The number of nitrogens with zero attached hydrogens (tertiary/aromatic N) is 2. The van der Waals surface area contributed by atoms with Crippen LogP contribution in [0.2, 0.25) is 0 Å². The van der Waals surface area contributed by atoms with E-state index in [2.05, 4.69) is 15.3 Å². The minimum Gasteiger partial charge on any atom is -0.497 e. The molecule has 1 aliphatic rings. The molecule has 6 heteroatoms. The molecule has 0 spiro atoms. The number of amides is 1. The predicted octanol–water partition coefficient (Wildman–Crippen LogP) is 1.09. The van der Waals surface area contributed by atoms with Gasteiger partial charge in [0.1, 0.15) is 5.75 Å². The number of aromatic nitrogens is 2. The van der Waals surface area contributed by atoms with Gasteiger partial charge in [0.15, 0.2) is 0 Å². The van der Waals surface area contributed by atoms with Crippen molar-refractivity contribution < 1.29 is 9.53 Å². The Morgan fingerprint density at radius 1 is 1.45 bits per heavy atom. The van der Waals surface area contributed by atoms with Crippen molar-refractivity contribution in [3.63, 3.8) is 0 Å². The van der Waals surface area contributed by atoms with Gasteiger partial charge in [-0.2, -0.15) is 0 Å². The Kier molecular flexibility index (Phi) is 4.11. The third-order valence-electron chi connectivity index (χ3n) is 4.06. The van der Waals surface area contributed by atoms with Crippen molar-refractivity contribution in [2.75, 3.05) is 14.2 Å². The second-order valence-corrected chi connectivity index (χ2v) is 5.53. The Morgan fingerprint density at radius 2 is 2.23 bits per heavy atom. The summed E-state index contributed by atoms with van der Waals surface area (Å²) in [7, 11) is 3.60. The second kappa shape index (κ2) is 6.19. The fourth-order valence-electron chi connectivity index (χ4n) is 2.70. The summed E-state index contributed by atoms with van der Waals surface area (Å²) in [6.45, 7) is 1.23. The first-order valence-electron chi connectivity index (χ1n) is 7.29. The van der Waals surface area contributed by atoms with E-state index in [0.717, 1.165) is 29.2 Å². The number of nitrogens with one attached hydrogen (secondary N) is 2. The van der Waals surface area contributed by atoms with Gasteiger partial charge < -0.3 is 15.0 Å². The Hall–Kier alpha value is -2.34. The number of imidazole rings is 1. The predicted molar refractivity (Wildman–Crippen MR) is 82.4 cm³/mol. The average molecular weight is 300 g/mol. The van der Waals surface area contributed by atoms with Crippen LogP contribution in [0.1, 0.15) is 17.0 Å². The average Bonchev–Trinajstić information content (AvgIpc) is 2.99. The van der Waals surface area contributed by atoms with Gasteiger partial charge in [-0.25, -0.2) is 4.98 Å². The summed E-state index contributed by atoms with van der Waals surface area (Å²) in [6, 6.07) is 7.52. The van der Waals surface area contributed by atoms with Crippen LogP contribution in [-0.4, -0.2) is 41.0 Å². The maximum absolute atomic E-state index is 12.4. The van der Waals surface area contributed by atoms with Crippen LogP contribution in [0, 0.1) is 0 Å². The van der Waals surface area contributed by atoms with Crippen molar-refractivity contribution in [2.24, 2.45) is 0 Å². The van der Waals surface area contributed by atoms with Gasteiger partial charge in [-0.15, -0.1) is 0 Å². The summed E-state index contributed by atoms with van der Waals surface area (Å²) < 4.78 is 5.13. The van der Waals surface area contributed by atoms with Crippen LogP contribution in [-0.2, 0) is 24.3 Å². The molecule has 1 amide bonds. The number of hydrogen-bond acceptors (Lipinski definition) is 4. The molecule has 2 N–H and O–H groups in total. The van der Waals surface area contributed by atoms with Gasteiger partial charge in [-0.05, 0) is 24.7 Å². The summed E-state index contributed by atoms with van der Waals surface area (Å²) in [5.74, 6) is 0.847. The summed E-state index contributed by atoms with van der Waals surface area (Å²) in [6.07, 6.45) is 2.33. The van der Waals surface area contributed by atoms with Crippen LogP contribution >= 0.6 is 0 Å². The summed E-state index contributed by atoms with van der Waals surface area (Å²) in [5.41, 5.74) is 3.14. The van der Waals surface area contributed by atoms with Crippen molar-refractivity contribution in [3.8, 4) is 5.75 Å². The van der Waals surface area contributed by atoms with Crippen LogP contribution < -0.4 is 10.1 Å². The van der Waals surface area contributed by atoms with Crippen LogP contribution in [0.4, 0.5) is 0 Å². The first-order valence-corrected chi connectivity index (χ1v) is 7.29. The smallest absolute Gasteiger partial charge is 0.238 e. The van der Waals surface area contributed by atoms with Crippen LogP contribution in [0.25, 0.3) is 0 Å². The minimum atomic E-state index is -0.172. The molecular formula is C16H20N4O2. The van der Waals surface area contributed by atoms with Gasteiger partial charge in [-0.1, -0.05) is 12.1 Å².